The van der Waals surface area contributed by atoms with Gasteiger partial charge in [-0.1, -0.05) is 11.6 Å². The molecule has 13 heavy (non-hydrogen) atoms. The molecule has 1 aromatic carbocycles. The van der Waals surface area contributed by atoms with Gasteiger partial charge in [0.25, 0.3) is 0 Å². The Morgan fingerprint density at radius 3 is 2.54 bits per heavy atom. The highest BCUT2D eigenvalue weighted by molar-refractivity contribution is 6.31. The molecule has 0 spiro atoms. The van der Waals surface area contributed by atoms with Crippen molar-refractivity contribution in [1.29, 1.82) is 0 Å². The van der Waals surface area contributed by atoms with Gasteiger partial charge < -0.3 is 10.2 Å². The van der Waals surface area contributed by atoms with E-state index in [1.54, 1.807) is 0 Å². The van der Waals surface area contributed by atoms with E-state index >= 15 is 0 Å². The molecular formula is C8H6ClFO3. The van der Waals surface area contributed by atoms with Gasteiger partial charge in [0, 0.05) is 10.6 Å². The molecule has 2 N–H and O–H groups in total. The number of carboxylic acid groups (broad SMARTS) is 1. The molecule has 1 rings (SSSR count). The summed E-state index contributed by atoms with van der Waals surface area (Å²) in [7, 11) is 0. The maximum atomic E-state index is 13.0. The topological polar surface area (TPSA) is 57.5 Å². The predicted molar refractivity (Wildman–Crippen MR) is 44.3 cm³/mol. The quantitative estimate of drug-likeness (QED) is 0.771. The number of carboxylic acids is 1. The third-order valence-corrected chi connectivity index (χ3v) is 1.88. The first kappa shape index (κ1) is 9.95. The lowest BCUT2D eigenvalue weighted by Gasteiger charge is -2.03. The Bertz CT molecular complexity index is 328. The van der Waals surface area contributed by atoms with Crippen LogP contribution in [0.4, 0.5) is 4.39 Å². The van der Waals surface area contributed by atoms with E-state index in [0.29, 0.717) is 0 Å². The number of hydrogen-bond donors (Lipinski definition) is 2. The van der Waals surface area contributed by atoms with Crippen molar-refractivity contribution in [3.05, 3.63) is 34.1 Å². The van der Waals surface area contributed by atoms with Crippen LogP contribution in [0.2, 0.25) is 5.02 Å². The van der Waals surface area contributed by atoms with Gasteiger partial charge in [0.05, 0.1) is 12.2 Å². The third-order valence-electron chi connectivity index (χ3n) is 1.55. The van der Waals surface area contributed by atoms with Gasteiger partial charge in [0.1, 0.15) is 5.82 Å². The highest BCUT2D eigenvalue weighted by atomic mass is 35.5. The first-order valence-electron chi connectivity index (χ1n) is 3.38. The van der Waals surface area contributed by atoms with Crippen LogP contribution in [0, 0.1) is 5.82 Å². The van der Waals surface area contributed by atoms with Gasteiger partial charge in [-0.05, 0) is 12.1 Å². The summed E-state index contributed by atoms with van der Waals surface area (Å²) in [4.78, 5) is 10.4. The monoisotopic (exact) mass is 204 g/mol. The van der Waals surface area contributed by atoms with Gasteiger partial charge in [-0.3, -0.25) is 0 Å². The minimum absolute atomic E-state index is 0.0834. The van der Waals surface area contributed by atoms with Crippen molar-refractivity contribution in [1.82, 2.24) is 0 Å². The zero-order valence-corrected chi connectivity index (χ0v) is 7.18. The first-order valence-corrected chi connectivity index (χ1v) is 3.76. The normalized spacial score (nSPS) is 10.1. The van der Waals surface area contributed by atoms with Crippen molar-refractivity contribution in [2.24, 2.45) is 0 Å². The summed E-state index contributed by atoms with van der Waals surface area (Å²) in [5.74, 6) is -2.07. The Balaban J connectivity index is 3.28. The van der Waals surface area contributed by atoms with Gasteiger partial charge >= 0.3 is 5.97 Å². The van der Waals surface area contributed by atoms with Crippen molar-refractivity contribution < 1.29 is 19.4 Å². The Morgan fingerprint density at radius 2 is 2.15 bits per heavy atom. The lowest BCUT2D eigenvalue weighted by Crippen LogP contribution is -2.00. The van der Waals surface area contributed by atoms with Crippen molar-refractivity contribution in [2.75, 3.05) is 0 Å². The number of halogens is 2. The molecule has 3 nitrogen and oxygen atoms in total. The Hall–Kier alpha value is -1.13. The van der Waals surface area contributed by atoms with E-state index in [9.17, 15) is 9.18 Å². The van der Waals surface area contributed by atoms with E-state index in [1.807, 2.05) is 0 Å². The predicted octanol–water partition coefficient (Wildman–Crippen LogP) is 1.67. The maximum Gasteiger partial charge on any atom is 0.335 e. The zero-order valence-electron chi connectivity index (χ0n) is 6.42. The minimum Gasteiger partial charge on any atom is -0.478 e. The SMILES string of the molecule is O=C(O)c1cc(F)c(CO)c(Cl)c1. The third kappa shape index (κ3) is 1.96. The number of benzene rings is 1. The number of rotatable bonds is 2. The average Bonchev–Trinajstić information content (AvgIpc) is 2.03. The number of carbonyl (C=O) groups is 1. The molecule has 0 aliphatic heterocycles. The lowest BCUT2D eigenvalue weighted by atomic mass is 10.1. The Kier molecular flexibility index (Phi) is 2.85. The summed E-state index contributed by atoms with van der Waals surface area (Å²) in [5.41, 5.74) is -0.327. The number of aliphatic hydroxyl groups is 1. The summed E-state index contributed by atoms with van der Waals surface area (Å²) in [6, 6.07) is 1.91. The first-order chi connectivity index (χ1) is 6.06. The van der Waals surface area contributed by atoms with E-state index in [1.165, 1.54) is 0 Å². The van der Waals surface area contributed by atoms with Crippen LogP contribution >= 0.6 is 11.6 Å². The van der Waals surface area contributed by atoms with Crippen molar-refractivity contribution in [3.63, 3.8) is 0 Å². The van der Waals surface area contributed by atoms with Crippen LogP contribution in [-0.2, 0) is 6.61 Å². The van der Waals surface area contributed by atoms with Crippen LogP contribution in [0.25, 0.3) is 0 Å². The van der Waals surface area contributed by atoms with Gasteiger partial charge in [0.15, 0.2) is 0 Å². The van der Waals surface area contributed by atoms with Crippen LogP contribution in [0.1, 0.15) is 15.9 Å². The highest BCUT2D eigenvalue weighted by Gasteiger charge is 2.12. The molecule has 0 amide bonds. The Morgan fingerprint density at radius 1 is 1.54 bits per heavy atom. The van der Waals surface area contributed by atoms with Crippen molar-refractivity contribution >= 4 is 17.6 Å². The summed E-state index contributed by atoms with van der Waals surface area (Å²) >= 11 is 5.52. The fraction of sp³-hybridized carbons (Fsp3) is 0.125. The molecule has 0 heterocycles. The molecule has 0 fully saturated rings. The molecule has 0 atom stereocenters. The van der Waals surface area contributed by atoms with Gasteiger partial charge in [-0.25, -0.2) is 9.18 Å². The molecule has 0 saturated heterocycles. The molecule has 70 valence electrons. The van der Waals surface area contributed by atoms with Gasteiger partial charge in [-0.2, -0.15) is 0 Å². The lowest BCUT2D eigenvalue weighted by molar-refractivity contribution is 0.0696. The molecule has 5 heteroatoms. The molecule has 0 aliphatic carbocycles. The van der Waals surface area contributed by atoms with Gasteiger partial charge in [-0.15, -0.1) is 0 Å². The number of hydrogen-bond acceptors (Lipinski definition) is 2. The molecule has 0 unspecified atom stereocenters. The van der Waals surface area contributed by atoms with E-state index in [0.717, 1.165) is 12.1 Å². The zero-order chi connectivity index (χ0) is 10.0. The summed E-state index contributed by atoms with van der Waals surface area (Å²) < 4.78 is 13.0. The van der Waals surface area contributed by atoms with Crippen LogP contribution in [0.5, 0.6) is 0 Å². The standard InChI is InChI=1S/C8H6ClFO3/c9-6-1-4(8(12)13)2-7(10)5(6)3-11/h1-2,11H,3H2,(H,12,13). The highest BCUT2D eigenvalue weighted by Crippen LogP contribution is 2.21. The van der Waals surface area contributed by atoms with Crippen LogP contribution in [0.3, 0.4) is 0 Å². The molecule has 0 bridgehead atoms. The average molecular weight is 205 g/mol. The Labute approximate surface area is 78.4 Å². The van der Waals surface area contributed by atoms with Crippen LogP contribution < -0.4 is 0 Å². The summed E-state index contributed by atoms with van der Waals surface area (Å²) in [6.45, 7) is -0.551. The summed E-state index contributed by atoms with van der Waals surface area (Å²) in [5, 5.41) is 17.1. The summed E-state index contributed by atoms with van der Waals surface area (Å²) in [6.07, 6.45) is 0. The van der Waals surface area contributed by atoms with Gasteiger partial charge in [0.2, 0.25) is 0 Å². The fourth-order valence-electron chi connectivity index (χ4n) is 0.878. The second kappa shape index (κ2) is 3.72. The van der Waals surface area contributed by atoms with E-state index in [2.05, 4.69) is 0 Å². The van der Waals surface area contributed by atoms with Crippen molar-refractivity contribution in [2.45, 2.75) is 6.61 Å². The van der Waals surface area contributed by atoms with E-state index in [-0.39, 0.29) is 16.1 Å². The van der Waals surface area contributed by atoms with Crippen LogP contribution in [-0.4, -0.2) is 16.2 Å². The minimum atomic E-state index is -1.26. The molecule has 0 radical (unpaired) electrons. The molecule has 0 aliphatic rings. The fourth-order valence-corrected chi connectivity index (χ4v) is 1.15. The second-order valence-corrected chi connectivity index (χ2v) is 2.79. The number of aromatic carboxylic acids is 1. The maximum absolute atomic E-state index is 13.0. The van der Waals surface area contributed by atoms with E-state index in [4.69, 9.17) is 21.8 Å². The van der Waals surface area contributed by atoms with Crippen LogP contribution in [0.15, 0.2) is 12.1 Å². The molecule has 0 saturated carbocycles. The molecule has 1 aromatic rings. The smallest absolute Gasteiger partial charge is 0.335 e. The van der Waals surface area contributed by atoms with Crippen molar-refractivity contribution in [3.8, 4) is 0 Å². The number of aliphatic hydroxyl groups excluding tert-OH is 1. The second-order valence-electron chi connectivity index (χ2n) is 2.38. The largest absolute Gasteiger partial charge is 0.478 e. The molecular weight excluding hydrogens is 199 g/mol. The molecule has 0 aromatic heterocycles. The van der Waals surface area contributed by atoms with E-state index < -0.39 is 18.4 Å².